The molecule has 0 saturated carbocycles. The highest BCUT2D eigenvalue weighted by Gasteiger charge is 2.16. The van der Waals surface area contributed by atoms with Crippen LogP contribution in [-0.4, -0.2) is 26.3 Å². The summed E-state index contributed by atoms with van der Waals surface area (Å²) in [5.41, 5.74) is 10.9. The Hall–Kier alpha value is -3.71. The lowest BCUT2D eigenvalue weighted by Gasteiger charge is -2.14. The number of nitrogens with zero attached hydrogens (tertiary/aromatic N) is 1. The number of nitrogens with one attached hydrogen (secondary N) is 1. The molecule has 0 aliphatic heterocycles. The van der Waals surface area contributed by atoms with Gasteiger partial charge in [-0.15, -0.1) is 0 Å². The van der Waals surface area contributed by atoms with Crippen LogP contribution in [0.1, 0.15) is 5.56 Å². The molecular formula is C23H23N3O4. The zero-order valence-corrected chi connectivity index (χ0v) is 17.1. The molecule has 4 rings (SSSR count). The molecule has 4 aromatic rings. The monoisotopic (exact) mass is 405 g/mol. The van der Waals surface area contributed by atoms with E-state index >= 15 is 0 Å². The smallest absolute Gasteiger partial charge is 0.300 e. The van der Waals surface area contributed by atoms with Crippen molar-refractivity contribution >= 4 is 22.8 Å². The fraction of sp³-hybridized carbons (Fsp3) is 0.174. The topological polar surface area (TPSA) is 91.8 Å². The Kier molecular flexibility index (Phi) is 5.45. The van der Waals surface area contributed by atoms with Crippen molar-refractivity contribution in [3.05, 3.63) is 60.2 Å². The van der Waals surface area contributed by atoms with Crippen molar-refractivity contribution in [2.45, 2.75) is 6.54 Å². The maximum atomic E-state index is 6.06. The van der Waals surface area contributed by atoms with Gasteiger partial charge in [-0.1, -0.05) is 36.4 Å². The molecule has 7 heteroatoms. The summed E-state index contributed by atoms with van der Waals surface area (Å²) < 4.78 is 22.2. The fourth-order valence-electron chi connectivity index (χ4n) is 3.33. The summed E-state index contributed by atoms with van der Waals surface area (Å²) in [6.07, 6.45) is 0. The van der Waals surface area contributed by atoms with Crippen molar-refractivity contribution in [3.8, 4) is 28.4 Å². The average molecular weight is 405 g/mol. The predicted octanol–water partition coefficient (Wildman–Crippen LogP) is 4.72. The quantitative estimate of drug-likeness (QED) is 0.459. The standard InChI is InChI=1S/C23H23N3O4/c1-27-19-11-16(12-20(28-2)22(19)29-3)25-23-26-18-6-4-5-17(21(18)30-23)15-9-7-14(13-24)8-10-15/h4-12H,13,24H2,1-3H3,(H,25,26). The lowest BCUT2D eigenvalue weighted by atomic mass is 10.0. The normalized spacial score (nSPS) is 10.8. The summed E-state index contributed by atoms with van der Waals surface area (Å²) >= 11 is 0. The van der Waals surface area contributed by atoms with Crippen LogP contribution in [0, 0.1) is 0 Å². The molecule has 1 aromatic heterocycles. The van der Waals surface area contributed by atoms with Gasteiger partial charge in [0, 0.05) is 29.9 Å². The second-order valence-corrected chi connectivity index (χ2v) is 6.61. The van der Waals surface area contributed by atoms with Crippen LogP contribution in [0.4, 0.5) is 11.7 Å². The van der Waals surface area contributed by atoms with Gasteiger partial charge in [0.05, 0.1) is 21.3 Å². The Labute approximate surface area is 174 Å². The van der Waals surface area contributed by atoms with E-state index in [0.29, 0.717) is 41.1 Å². The molecule has 0 atom stereocenters. The van der Waals surface area contributed by atoms with Crippen LogP contribution < -0.4 is 25.3 Å². The molecule has 0 bridgehead atoms. The zero-order chi connectivity index (χ0) is 21.1. The van der Waals surface area contributed by atoms with Crippen molar-refractivity contribution in [2.75, 3.05) is 26.6 Å². The first-order valence-electron chi connectivity index (χ1n) is 9.42. The van der Waals surface area contributed by atoms with Crippen LogP contribution in [0.25, 0.3) is 22.2 Å². The maximum absolute atomic E-state index is 6.06. The molecule has 3 N–H and O–H groups in total. The predicted molar refractivity (Wildman–Crippen MR) is 117 cm³/mol. The van der Waals surface area contributed by atoms with E-state index in [1.807, 2.05) is 42.5 Å². The van der Waals surface area contributed by atoms with Gasteiger partial charge in [0.1, 0.15) is 5.52 Å². The van der Waals surface area contributed by atoms with Crippen LogP contribution >= 0.6 is 0 Å². The maximum Gasteiger partial charge on any atom is 0.300 e. The molecule has 0 amide bonds. The third kappa shape index (κ3) is 3.62. The molecular weight excluding hydrogens is 382 g/mol. The van der Waals surface area contributed by atoms with E-state index in [1.54, 1.807) is 33.5 Å². The van der Waals surface area contributed by atoms with Crippen LogP contribution in [0.3, 0.4) is 0 Å². The number of aromatic nitrogens is 1. The molecule has 30 heavy (non-hydrogen) atoms. The second kappa shape index (κ2) is 8.34. The van der Waals surface area contributed by atoms with E-state index in [0.717, 1.165) is 22.2 Å². The number of oxazole rings is 1. The Balaban J connectivity index is 1.71. The molecule has 7 nitrogen and oxygen atoms in total. The number of nitrogens with two attached hydrogens (primary N) is 1. The minimum atomic E-state index is 0.366. The summed E-state index contributed by atoms with van der Waals surface area (Å²) in [6, 6.07) is 17.9. The number of benzene rings is 3. The Morgan fingerprint density at radius 2 is 1.63 bits per heavy atom. The fourth-order valence-corrected chi connectivity index (χ4v) is 3.33. The molecule has 154 valence electrons. The largest absolute Gasteiger partial charge is 0.493 e. The van der Waals surface area contributed by atoms with Gasteiger partial charge in [-0.2, -0.15) is 4.98 Å². The SMILES string of the molecule is COc1cc(Nc2nc3cccc(-c4ccc(CN)cc4)c3o2)cc(OC)c1OC. The second-order valence-electron chi connectivity index (χ2n) is 6.61. The third-order valence-corrected chi connectivity index (χ3v) is 4.83. The minimum Gasteiger partial charge on any atom is -0.493 e. The lowest BCUT2D eigenvalue weighted by molar-refractivity contribution is 0.324. The third-order valence-electron chi connectivity index (χ3n) is 4.83. The highest BCUT2D eigenvalue weighted by Crippen LogP contribution is 2.41. The van der Waals surface area contributed by atoms with Gasteiger partial charge in [-0.25, -0.2) is 0 Å². The molecule has 1 heterocycles. The molecule has 0 aliphatic carbocycles. The van der Waals surface area contributed by atoms with E-state index in [1.165, 1.54) is 0 Å². The highest BCUT2D eigenvalue weighted by atomic mass is 16.5. The summed E-state index contributed by atoms with van der Waals surface area (Å²) in [7, 11) is 4.71. The van der Waals surface area contributed by atoms with E-state index in [4.69, 9.17) is 24.4 Å². The van der Waals surface area contributed by atoms with Gasteiger partial charge in [0.15, 0.2) is 17.1 Å². The highest BCUT2D eigenvalue weighted by molar-refractivity contribution is 5.91. The molecule has 3 aromatic carbocycles. The first-order valence-corrected chi connectivity index (χ1v) is 9.42. The number of hydrogen-bond donors (Lipinski definition) is 2. The zero-order valence-electron chi connectivity index (χ0n) is 17.1. The van der Waals surface area contributed by atoms with E-state index in [2.05, 4.69) is 10.3 Å². The van der Waals surface area contributed by atoms with E-state index < -0.39 is 0 Å². The van der Waals surface area contributed by atoms with E-state index in [-0.39, 0.29) is 0 Å². The Bertz CT molecular complexity index is 1140. The minimum absolute atomic E-state index is 0.366. The van der Waals surface area contributed by atoms with Gasteiger partial charge in [-0.3, -0.25) is 0 Å². The average Bonchev–Trinajstić information content (AvgIpc) is 3.20. The summed E-state index contributed by atoms with van der Waals surface area (Å²) in [6.45, 7) is 0.510. The Morgan fingerprint density at radius 1 is 0.933 bits per heavy atom. The Morgan fingerprint density at radius 3 is 2.23 bits per heavy atom. The van der Waals surface area contributed by atoms with Crippen molar-refractivity contribution in [1.82, 2.24) is 4.98 Å². The molecule has 0 aliphatic rings. The number of methoxy groups -OCH3 is 3. The van der Waals surface area contributed by atoms with Crippen LogP contribution in [0.15, 0.2) is 59.0 Å². The van der Waals surface area contributed by atoms with Crippen molar-refractivity contribution in [2.24, 2.45) is 5.73 Å². The van der Waals surface area contributed by atoms with Gasteiger partial charge >= 0.3 is 0 Å². The first kappa shape index (κ1) is 19.6. The molecule has 0 unspecified atom stereocenters. The molecule has 0 spiro atoms. The lowest BCUT2D eigenvalue weighted by Crippen LogP contribution is -1.97. The number of ether oxygens (including phenoxy) is 3. The van der Waals surface area contributed by atoms with Crippen LogP contribution in [0.5, 0.6) is 17.2 Å². The van der Waals surface area contributed by atoms with Crippen molar-refractivity contribution < 1.29 is 18.6 Å². The number of fused-ring (bicyclic) bond motifs is 1. The molecule has 0 fully saturated rings. The molecule has 0 radical (unpaired) electrons. The van der Waals surface area contributed by atoms with E-state index in [9.17, 15) is 0 Å². The molecule has 0 saturated heterocycles. The van der Waals surface area contributed by atoms with Gasteiger partial charge in [-0.05, 0) is 17.2 Å². The number of rotatable bonds is 7. The van der Waals surface area contributed by atoms with Crippen molar-refractivity contribution in [3.63, 3.8) is 0 Å². The van der Waals surface area contributed by atoms with Gasteiger partial charge in [0.25, 0.3) is 6.01 Å². The summed E-state index contributed by atoms with van der Waals surface area (Å²) in [4.78, 5) is 4.57. The number of anilines is 2. The first-order chi connectivity index (χ1) is 14.7. The van der Waals surface area contributed by atoms with Gasteiger partial charge < -0.3 is 29.7 Å². The summed E-state index contributed by atoms with van der Waals surface area (Å²) in [5.74, 6) is 1.60. The van der Waals surface area contributed by atoms with Crippen LogP contribution in [-0.2, 0) is 6.54 Å². The van der Waals surface area contributed by atoms with Crippen LogP contribution in [0.2, 0.25) is 0 Å². The van der Waals surface area contributed by atoms with Gasteiger partial charge in [0.2, 0.25) is 5.75 Å². The summed E-state index contributed by atoms with van der Waals surface area (Å²) in [5, 5.41) is 3.18. The number of para-hydroxylation sites is 1. The van der Waals surface area contributed by atoms with Crippen molar-refractivity contribution in [1.29, 1.82) is 0 Å². The number of hydrogen-bond acceptors (Lipinski definition) is 7.